The number of pyridine rings is 1. The molecule has 1 aromatic heterocycles. The third-order valence-electron chi connectivity index (χ3n) is 5.50. The predicted octanol–water partition coefficient (Wildman–Crippen LogP) is 5.23. The lowest BCUT2D eigenvalue weighted by Crippen LogP contribution is -2.17. The quantitative estimate of drug-likeness (QED) is 0.408. The first kappa shape index (κ1) is 20.5. The highest BCUT2D eigenvalue weighted by atomic mass is 19.1. The predicted molar refractivity (Wildman–Crippen MR) is 123 cm³/mol. The highest BCUT2D eigenvalue weighted by Crippen LogP contribution is 2.34. The summed E-state index contributed by atoms with van der Waals surface area (Å²) in [5, 5.41) is 1.46. The Kier molecular flexibility index (Phi) is 5.63. The van der Waals surface area contributed by atoms with Crippen molar-refractivity contribution in [2.75, 3.05) is 0 Å². The zero-order chi connectivity index (χ0) is 22.0. The first-order chi connectivity index (χ1) is 15.0. The molecule has 0 N–H and O–H groups in total. The molecule has 3 nitrogen and oxygen atoms in total. The van der Waals surface area contributed by atoms with Gasteiger partial charge in [-0.15, -0.1) is 0 Å². The Bertz CT molecular complexity index is 1350. The summed E-state index contributed by atoms with van der Waals surface area (Å²) in [6.45, 7) is 3.60. The molecule has 0 saturated carbocycles. The minimum atomic E-state index is -0.279. The number of aromatic nitrogens is 1. The summed E-state index contributed by atoms with van der Waals surface area (Å²) in [6.07, 6.45) is 3.95. The van der Waals surface area contributed by atoms with Crippen molar-refractivity contribution in [3.8, 4) is 11.1 Å². The second-order valence-electron chi connectivity index (χ2n) is 7.61. The molecule has 4 rings (SSSR count). The van der Waals surface area contributed by atoms with Crippen LogP contribution in [0.15, 0.2) is 90.4 Å². The fourth-order valence-corrected chi connectivity index (χ4v) is 3.99. The van der Waals surface area contributed by atoms with E-state index < -0.39 is 0 Å². The van der Waals surface area contributed by atoms with Gasteiger partial charge >= 0.3 is 0 Å². The van der Waals surface area contributed by atoms with Crippen LogP contribution >= 0.6 is 0 Å². The second-order valence-corrected chi connectivity index (χ2v) is 7.61. The maximum atomic E-state index is 13.4. The van der Waals surface area contributed by atoms with Crippen LogP contribution in [0.25, 0.3) is 21.9 Å². The lowest BCUT2D eigenvalue weighted by atomic mass is 9.87. The van der Waals surface area contributed by atoms with Gasteiger partial charge in [0.2, 0.25) is 0 Å². The number of hydrogen-bond acceptors (Lipinski definition) is 2. The number of rotatable bonds is 6. The molecule has 0 unspecified atom stereocenters. The number of ketones is 1. The van der Waals surface area contributed by atoms with Crippen LogP contribution in [0.5, 0.6) is 0 Å². The maximum Gasteiger partial charge on any atom is 0.258 e. The molecule has 0 bridgehead atoms. The molecule has 0 atom stereocenters. The Morgan fingerprint density at radius 3 is 2.35 bits per heavy atom. The molecular formula is C27H22FNO2. The van der Waals surface area contributed by atoms with E-state index in [1.165, 1.54) is 18.2 Å². The smallest absolute Gasteiger partial charge is 0.258 e. The molecule has 4 aromatic rings. The summed E-state index contributed by atoms with van der Waals surface area (Å²) in [5.41, 5.74) is 4.58. The van der Waals surface area contributed by atoms with Crippen molar-refractivity contribution < 1.29 is 9.18 Å². The summed E-state index contributed by atoms with van der Waals surface area (Å²) < 4.78 is 15.0. The highest BCUT2D eigenvalue weighted by molar-refractivity contribution is 5.99. The van der Waals surface area contributed by atoms with Gasteiger partial charge in [-0.25, -0.2) is 4.39 Å². The molecule has 31 heavy (non-hydrogen) atoms. The number of fused-ring (bicyclic) bond motifs is 1. The van der Waals surface area contributed by atoms with Gasteiger partial charge in [-0.05, 0) is 58.3 Å². The molecular weight excluding hydrogens is 389 g/mol. The number of halogens is 1. The zero-order valence-electron chi connectivity index (χ0n) is 17.3. The summed E-state index contributed by atoms with van der Waals surface area (Å²) >= 11 is 0. The molecule has 1 heterocycles. The van der Waals surface area contributed by atoms with Gasteiger partial charge in [-0.2, -0.15) is 0 Å². The Labute approximate surface area is 180 Å². The molecule has 0 aliphatic rings. The molecule has 0 radical (unpaired) electrons. The number of hydrogen-bond donors (Lipinski definition) is 0. The minimum Gasteiger partial charge on any atom is -0.317 e. The SMILES string of the molecule is C=CC(=O)Cc1cccc(Cc2ccc(F)cc2)c1-c1cn(C)c(=O)c2ccccc12. The molecule has 0 spiro atoms. The fraction of sp³-hybridized carbons (Fsp3) is 0.111. The summed E-state index contributed by atoms with van der Waals surface area (Å²) in [6, 6.07) is 19.8. The van der Waals surface area contributed by atoms with E-state index in [0.717, 1.165) is 33.2 Å². The molecule has 3 aromatic carbocycles. The first-order valence-corrected chi connectivity index (χ1v) is 10.1. The van der Waals surface area contributed by atoms with E-state index in [-0.39, 0.29) is 23.6 Å². The van der Waals surface area contributed by atoms with Crippen LogP contribution in [0.3, 0.4) is 0 Å². The van der Waals surface area contributed by atoms with Crippen LogP contribution < -0.4 is 5.56 Å². The lowest BCUT2D eigenvalue weighted by molar-refractivity contribution is -0.114. The third kappa shape index (κ3) is 4.10. The molecule has 4 heteroatoms. The van der Waals surface area contributed by atoms with Gasteiger partial charge in [-0.3, -0.25) is 9.59 Å². The fourth-order valence-electron chi connectivity index (χ4n) is 3.99. The van der Waals surface area contributed by atoms with Gasteiger partial charge in [0.1, 0.15) is 5.82 Å². The van der Waals surface area contributed by atoms with E-state index in [4.69, 9.17) is 0 Å². The third-order valence-corrected chi connectivity index (χ3v) is 5.50. The Hall–Kier alpha value is -3.79. The normalized spacial score (nSPS) is 10.9. The van der Waals surface area contributed by atoms with Gasteiger partial charge in [-0.1, -0.05) is 55.1 Å². The van der Waals surface area contributed by atoms with Crippen LogP contribution in [-0.4, -0.2) is 10.4 Å². The second kappa shape index (κ2) is 8.52. The highest BCUT2D eigenvalue weighted by Gasteiger charge is 2.17. The van der Waals surface area contributed by atoms with E-state index in [2.05, 4.69) is 6.58 Å². The Morgan fingerprint density at radius 2 is 1.65 bits per heavy atom. The van der Waals surface area contributed by atoms with Gasteiger partial charge in [0.05, 0.1) is 0 Å². The summed E-state index contributed by atoms with van der Waals surface area (Å²) in [7, 11) is 1.73. The average Bonchev–Trinajstić information content (AvgIpc) is 2.78. The van der Waals surface area contributed by atoms with Gasteiger partial charge < -0.3 is 4.57 Å². The Balaban J connectivity index is 1.99. The van der Waals surface area contributed by atoms with Crippen molar-refractivity contribution >= 4 is 16.6 Å². The van der Waals surface area contributed by atoms with E-state index >= 15 is 0 Å². The van der Waals surface area contributed by atoms with E-state index in [9.17, 15) is 14.0 Å². The molecule has 0 saturated heterocycles. The van der Waals surface area contributed by atoms with Crippen molar-refractivity contribution in [3.05, 3.63) is 118 Å². The van der Waals surface area contributed by atoms with E-state index in [1.807, 2.05) is 48.7 Å². The number of allylic oxidation sites excluding steroid dienone is 1. The van der Waals surface area contributed by atoms with Gasteiger partial charge in [0, 0.05) is 30.6 Å². The maximum absolute atomic E-state index is 13.4. The largest absolute Gasteiger partial charge is 0.317 e. The molecule has 154 valence electrons. The summed E-state index contributed by atoms with van der Waals surface area (Å²) in [5.74, 6) is -0.354. The van der Waals surface area contributed by atoms with Gasteiger partial charge in [0.15, 0.2) is 5.78 Å². The number of nitrogens with zero attached hydrogens (tertiary/aromatic N) is 1. The molecule has 0 amide bonds. The minimum absolute atomic E-state index is 0.0703. The van der Waals surface area contributed by atoms with Gasteiger partial charge in [0.25, 0.3) is 5.56 Å². The first-order valence-electron chi connectivity index (χ1n) is 10.1. The standard InChI is InChI=1S/C27H22FNO2/c1-3-22(30)16-20-8-6-7-19(15-18-11-13-21(28)14-12-18)26(20)25-17-29(2)27(31)24-10-5-4-9-23(24)25/h3-14,17H,1,15-16H2,2H3. The number of benzene rings is 3. The Morgan fingerprint density at radius 1 is 0.968 bits per heavy atom. The van der Waals surface area contributed by atoms with Crippen LogP contribution in [-0.2, 0) is 24.7 Å². The van der Waals surface area contributed by atoms with Crippen molar-refractivity contribution in [2.45, 2.75) is 12.8 Å². The summed E-state index contributed by atoms with van der Waals surface area (Å²) in [4.78, 5) is 24.9. The lowest BCUT2D eigenvalue weighted by Gasteiger charge is -2.18. The number of aryl methyl sites for hydroxylation is 1. The molecule has 0 aliphatic carbocycles. The molecule has 0 aliphatic heterocycles. The van der Waals surface area contributed by atoms with Crippen LogP contribution in [0.1, 0.15) is 16.7 Å². The number of carbonyl (C=O) groups excluding carboxylic acids is 1. The monoisotopic (exact) mass is 411 g/mol. The zero-order valence-corrected chi connectivity index (χ0v) is 17.3. The van der Waals surface area contributed by atoms with E-state index in [1.54, 1.807) is 23.7 Å². The van der Waals surface area contributed by atoms with Crippen molar-refractivity contribution in [2.24, 2.45) is 7.05 Å². The topological polar surface area (TPSA) is 39.1 Å². The van der Waals surface area contributed by atoms with Crippen LogP contribution in [0.2, 0.25) is 0 Å². The van der Waals surface area contributed by atoms with E-state index in [0.29, 0.717) is 11.8 Å². The molecule has 0 fully saturated rings. The van der Waals surface area contributed by atoms with Crippen molar-refractivity contribution in [3.63, 3.8) is 0 Å². The van der Waals surface area contributed by atoms with Crippen LogP contribution in [0, 0.1) is 5.82 Å². The average molecular weight is 411 g/mol. The van der Waals surface area contributed by atoms with Crippen LogP contribution in [0.4, 0.5) is 4.39 Å². The van der Waals surface area contributed by atoms with Crippen molar-refractivity contribution in [1.29, 1.82) is 0 Å². The number of carbonyl (C=O) groups is 1. The van der Waals surface area contributed by atoms with Crippen molar-refractivity contribution in [1.82, 2.24) is 4.57 Å².